The highest BCUT2D eigenvalue weighted by molar-refractivity contribution is 5.93. The maximum Gasteiger partial charge on any atom is 0.321 e. The van der Waals surface area contributed by atoms with E-state index in [1.165, 1.54) is 0 Å². The number of carbonyl (C=O) groups excluding carboxylic acids is 2. The van der Waals surface area contributed by atoms with Crippen LogP contribution in [0.5, 0.6) is 0 Å². The van der Waals surface area contributed by atoms with Crippen molar-refractivity contribution in [2.45, 2.75) is 33.2 Å². The van der Waals surface area contributed by atoms with E-state index in [-0.39, 0.29) is 17.9 Å². The first kappa shape index (κ1) is 17.3. The average molecular weight is 343 g/mol. The number of nitrogens with one attached hydrogen (secondary N) is 2. The first-order valence-electron chi connectivity index (χ1n) is 8.84. The van der Waals surface area contributed by atoms with Crippen LogP contribution >= 0.6 is 0 Å². The number of aromatic nitrogens is 2. The summed E-state index contributed by atoms with van der Waals surface area (Å²) in [4.78, 5) is 30.5. The number of likely N-dealkylation sites (tertiary alicyclic amines) is 1. The van der Waals surface area contributed by atoms with E-state index in [4.69, 9.17) is 0 Å². The molecule has 0 bridgehead atoms. The van der Waals surface area contributed by atoms with E-state index in [2.05, 4.69) is 34.0 Å². The second-order valence-corrected chi connectivity index (χ2v) is 6.31. The summed E-state index contributed by atoms with van der Waals surface area (Å²) >= 11 is 0. The van der Waals surface area contributed by atoms with Crippen LogP contribution in [0.3, 0.4) is 0 Å². The minimum atomic E-state index is -0.170. The van der Waals surface area contributed by atoms with E-state index < -0.39 is 0 Å². The highest BCUT2D eigenvalue weighted by atomic mass is 16.2. The molecule has 1 aliphatic rings. The van der Waals surface area contributed by atoms with Gasteiger partial charge < -0.3 is 20.1 Å². The topological polar surface area (TPSA) is 79.3 Å². The van der Waals surface area contributed by atoms with Crippen LogP contribution < -0.4 is 10.6 Å². The molecule has 3 rings (SSSR count). The lowest BCUT2D eigenvalue weighted by Gasteiger charge is -2.17. The van der Waals surface area contributed by atoms with Gasteiger partial charge in [-0.05, 0) is 31.5 Å². The lowest BCUT2D eigenvalue weighted by Crippen LogP contribution is -2.35. The maximum absolute atomic E-state index is 12.4. The molecule has 3 amide bonds. The van der Waals surface area contributed by atoms with E-state index in [1.54, 1.807) is 11.9 Å². The van der Waals surface area contributed by atoms with E-state index in [9.17, 15) is 9.59 Å². The Hall–Kier alpha value is -2.57. The first-order chi connectivity index (χ1) is 12.1. The van der Waals surface area contributed by atoms with Crippen LogP contribution in [0.4, 0.5) is 10.5 Å². The van der Waals surface area contributed by atoms with Gasteiger partial charge in [0, 0.05) is 38.8 Å². The van der Waals surface area contributed by atoms with Crippen molar-refractivity contribution >= 4 is 28.7 Å². The van der Waals surface area contributed by atoms with Gasteiger partial charge in [-0.3, -0.25) is 4.79 Å². The minimum Gasteiger partial charge on any atom is -0.359 e. The van der Waals surface area contributed by atoms with Gasteiger partial charge in [0.1, 0.15) is 5.82 Å². The van der Waals surface area contributed by atoms with Crippen molar-refractivity contribution in [3.05, 3.63) is 24.0 Å². The number of urea groups is 1. The fourth-order valence-electron chi connectivity index (χ4n) is 3.45. The summed E-state index contributed by atoms with van der Waals surface area (Å²) in [6.45, 7) is 6.12. The zero-order valence-electron chi connectivity index (χ0n) is 15.0. The Labute approximate surface area is 147 Å². The summed E-state index contributed by atoms with van der Waals surface area (Å²) in [5, 5.41) is 5.57. The number of hydrogen-bond donors (Lipinski definition) is 2. The van der Waals surface area contributed by atoms with Gasteiger partial charge in [-0.2, -0.15) is 0 Å². The summed E-state index contributed by atoms with van der Waals surface area (Å²) < 4.78 is 2.19. The van der Waals surface area contributed by atoms with Crippen molar-refractivity contribution < 1.29 is 9.59 Å². The van der Waals surface area contributed by atoms with Crippen molar-refractivity contribution in [1.29, 1.82) is 0 Å². The third-order valence-corrected chi connectivity index (χ3v) is 4.80. The molecule has 1 aromatic heterocycles. The van der Waals surface area contributed by atoms with E-state index in [1.807, 2.05) is 18.2 Å². The molecule has 0 saturated carbocycles. The predicted molar refractivity (Wildman–Crippen MR) is 97.6 cm³/mol. The molecule has 0 spiro atoms. The number of aryl methyl sites for hydroxylation is 2. The molecule has 25 heavy (non-hydrogen) atoms. The van der Waals surface area contributed by atoms with Crippen molar-refractivity contribution in [2.24, 2.45) is 5.92 Å². The van der Waals surface area contributed by atoms with Crippen LogP contribution in [0.2, 0.25) is 0 Å². The minimum absolute atomic E-state index is 0.00563. The molecule has 1 fully saturated rings. The first-order valence-corrected chi connectivity index (χ1v) is 8.84. The highest BCUT2D eigenvalue weighted by Crippen LogP contribution is 2.22. The summed E-state index contributed by atoms with van der Waals surface area (Å²) in [5.41, 5.74) is 2.70. The maximum atomic E-state index is 12.4. The van der Waals surface area contributed by atoms with E-state index in [0.29, 0.717) is 19.5 Å². The smallest absolute Gasteiger partial charge is 0.321 e. The molecule has 1 atom stereocenters. The van der Waals surface area contributed by atoms with Crippen LogP contribution in [0.25, 0.3) is 11.0 Å². The molecular formula is C18H25N5O2. The van der Waals surface area contributed by atoms with Crippen molar-refractivity contribution in [3.63, 3.8) is 0 Å². The second kappa shape index (κ2) is 7.13. The van der Waals surface area contributed by atoms with Gasteiger partial charge in [0.05, 0.1) is 17.0 Å². The zero-order valence-corrected chi connectivity index (χ0v) is 15.0. The number of rotatable bonds is 4. The molecule has 1 saturated heterocycles. The summed E-state index contributed by atoms with van der Waals surface area (Å²) in [7, 11) is 1.63. The summed E-state index contributed by atoms with van der Waals surface area (Å²) in [6, 6.07) is 5.64. The molecule has 134 valence electrons. The fraction of sp³-hybridized carbons (Fsp3) is 0.500. The Bertz CT molecular complexity index is 798. The SMILES string of the molecule is CCc1nc2cc(NC(=O)N3CC[C@@H](C(=O)NC)C3)ccc2n1CC. The van der Waals surface area contributed by atoms with Gasteiger partial charge >= 0.3 is 6.03 Å². The molecule has 0 radical (unpaired) electrons. The van der Waals surface area contributed by atoms with Crippen LogP contribution in [-0.2, 0) is 17.8 Å². The van der Waals surface area contributed by atoms with E-state index in [0.717, 1.165) is 35.5 Å². The van der Waals surface area contributed by atoms with Crippen molar-refractivity contribution in [2.75, 3.05) is 25.5 Å². The Balaban J connectivity index is 1.73. The molecule has 0 unspecified atom stereocenters. The summed E-state index contributed by atoms with van der Waals surface area (Å²) in [6.07, 6.45) is 1.58. The zero-order chi connectivity index (χ0) is 18.0. The lowest BCUT2D eigenvalue weighted by molar-refractivity contribution is -0.124. The van der Waals surface area contributed by atoms with Gasteiger partial charge in [0.2, 0.25) is 5.91 Å². The molecule has 7 heteroatoms. The number of carbonyl (C=O) groups is 2. The van der Waals surface area contributed by atoms with Gasteiger partial charge in [-0.1, -0.05) is 6.92 Å². The number of hydrogen-bond acceptors (Lipinski definition) is 3. The molecule has 2 N–H and O–H groups in total. The Morgan fingerprint density at radius 2 is 2.12 bits per heavy atom. The quantitative estimate of drug-likeness (QED) is 0.893. The van der Waals surface area contributed by atoms with Crippen LogP contribution in [0, 0.1) is 5.92 Å². The lowest BCUT2D eigenvalue weighted by atomic mass is 10.1. The average Bonchev–Trinajstić information content (AvgIpc) is 3.24. The molecule has 2 aromatic rings. The highest BCUT2D eigenvalue weighted by Gasteiger charge is 2.30. The molecule has 0 aliphatic carbocycles. The van der Waals surface area contributed by atoms with Crippen molar-refractivity contribution in [1.82, 2.24) is 19.8 Å². The van der Waals surface area contributed by atoms with E-state index >= 15 is 0 Å². The molecule has 7 nitrogen and oxygen atoms in total. The third-order valence-electron chi connectivity index (χ3n) is 4.80. The number of nitrogens with zero attached hydrogens (tertiary/aromatic N) is 3. The largest absolute Gasteiger partial charge is 0.359 e. The normalized spacial score (nSPS) is 17.1. The second-order valence-electron chi connectivity index (χ2n) is 6.31. The number of imidazole rings is 1. The van der Waals surface area contributed by atoms with Crippen molar-refractivity contribution in [3.8, 4) is 0 Å². The van der Waals surface area contributed by atoms with Crippen LogP contribution in [0.1, 0.15) is 26.1 Å². The van der Waals surface area contributed by atoms with Crippen LogP contribution in [-0.4, -0.2) is 46.5 Å². The van der Waals surface area contributed by atoms with Gasteiger partial charge in [0.25, 0.3) is 0 Å². The predicted octanol–water partition coefficient (Wildman–Crippen LogP) is 2.22. The van der Waals surface area contributed by atoms with Gasteiger partial charge in [-0.15, -0.1) is 0 Å². The monoisotopic (exact) mass is 343 g/mol. The number of fused-ring (bicyclic) bond motifs is 1. The van der Waals surface area contributed by atoms with Gasteiger partial charge in [0.15, 0.2) is 0 Å². The molecule has 2 heterocycles. The molecule has 1 aromatic carbocycles. The third kappa shape index (κ3) is 3.31. The molecule has 1 aliphatic heterocycles. The summed E-state index contributed by atoms with van der Waals surface area (Å²) in [5.74, 6) is 0.924. The number of benzene rings is 1. The van der Waals surface area contributed by atoms with Gasteiger partial charge in [-0.25, -0.2) is 9.78 Å². The fourth-order valence-corrected chi connectivity index (χ4v) is 3.45. The Morgan fingerprint density at radius 1 is 1.32 bits per heavy atom. The number of amides is 3. The Morgan fingerprint density at radius 3 is 2.80 bits per heavy atom. The Kier molecular flexibility index (Phi) is 4.92. The number of anilines is 1. The molecular weight excluding hydrogens is 318 g/mol. The standard InChI is InChI=1S/C18H25N5O2/c1-4-16-21-14-10-13(6-7-15(14)23(16)5-2)20-18(25)22-9-8-12(11-22)17(24)19-3/h6-7,10,12H,4-5,8-9,11H2,1-3H3,(H,19,24)(H,20,25)/t12-/m1/s1. The van der Waals surface area contributed by atoms with Crippen LogP contribution in [0.15, 0.2) is 18.2 Å².